The summed E-state index contributed by atoms with van der Waals surface area (Å²) < 4.78 is 32.0. The van der Waals surface area contributed by atoms with Crippen LogP contribution >= 0.6 is 0 Å². The van der Waals surface area contributed by atoms with Crippen molar-refractivity contribution in [2.45, 2.75) is 51.5 Å². The molecule has 1 N–H and O–H groups in total. The number of nitrogens with one attached hydrogen (secondary N) is 1. The van der Waals surface area contributed by atoms with Crippen LogP contribution < -0.4 is 5.32 Å². The fourth-order valence-electron chi connectivity index (χ4n) is 2.55. The maximum absolute atomic E-state index is 12.8. The summed E-state index contributed by atoms with van der Waals surface area (Å²) in [5.74, 6) is -0.939. The lowest BCUT2D eigenvalue weighted by Gasteiger charge is -2.20. The Hall–Kier alpha value is -1.93. The molecule has 0 bridgehead atoms. The van der Waals surface area contributed by atoms with Crippen LogP contribution in [-0.4, -0.2) is 43.8 Å². The molecule has 1 aliphatic carbocycles. The van der Waals surface area contributed by atoms with Crippen LogP contribution in [0.1, 0.15) is 39.2 Å². The lowest BCUT2D eigenvalue weighted by Crippen LogP contribution is -2.32. The Kier molecular flexibility index (Phi) is 6.41. The Morgan fingerprint density at radius 2 is 1.88 bits per heavy atom. The summed E-state index contributed by atoms with van der Waals surface area (Å²) in [4.78, 5) is 24.0. The number of aryl methyl sites for hydroxylation is 1. The van der Waals surface area contributed by atoms with Crippen molar-refractivity contribution in [3.8, 4) is 0 Å². The molecule has 0 unspecified atom stereocenters. The maximum atomic E-state index is 12.8. The number of anilines is 1. The highest BCUT2D eigenvalue weighted by atomic mass is 32.2. The second-order valence-electron chi connectivity index (χ2n) is 6.41. The smallest absolute Gasteiger partial charge is 0.309 e. The molecule has 0 saturated heterocycles. The Balaban J connectivity index is 2.15. The van der Waals surface area contributed by atoms with Gasteiger partial charge < -0.3 is 10.1 Å². The average molecular weight is 382 g/mol. The summed E-state index contributed by atoms with van der Waals surface area (Å²) in [6.07, 6.45) is 0.669. The van der Waals surface area contributed by atoms with E-state index in [1.165, 1.54) is 17.3 Å². The number of esters is 1. The predicted octanol–water partition coefficient (Wildman–Crippen LogP) is 2.31. The zero-order valence-corrected chi connectivity index (χ0v) is 16.4. The molecule has 1 saturated carbocycles. The number of amides is 1. The van der Waals surface area contributed by atoms with Gasteiger partial charge in [-0.05, 0) is 44.4 Å². The minimum atomic E-state index is -3.64. The highest BCUT2D eigenvalue weighted by Crippen LogP contribution is 2.30. The van der Waals surface area contributed by atoms with Gasteiger partial charge in [0.2, 0.25) is 10.0 Å². The minimum absolute atomic E-state index is 0.0876. The monoisotopic (exact) mass is 382 g/mol. The molecule has 1 fully saturated rings. The van der Waals surface area contributed by atoms with E-state index in [4.69, 9.17) is 4.74 Å². The van der Waals surface area contributed by atoms with Gasteiger partial charge in [0.25, 0.3) is 5.91 Å². The van der Waals surface area contributed by atoms with Crippen molar-refractivity contribution in [3.05, 3.63) is 23.8 Å². The van der Waals surface area contributed by atoms with Crippen LogP contribution in [0.4, 0.5) is 5.69 Å². The van der Waals surface area contributed by atoms with E-state index in [1.54, 1.807) is 32.9 Å². The molecule has 1 aliphatic rings. The van der Waals surface area contributed by atoms with Crippen LogP contribution in [0.5, 0.6) is 0 Å². The first-order chi connectivity index (χ1) is 12.2. The summed E-state index contributed by atoms with van der Waals surface area (Å²) in [6.45, 7) is 7.49. The topological polar surface area (TPSA) is 92.8 Å². The molecule has 144 valence electrons. The van der Waals surface area contributed by atoms with E-state index >= 15 is 0 Å². The summed E-state index contributed by atoms with van der Waals surface area (Å²) in [5.41, 5.74) is 0.948. The van der Waals surface area contributed by atoms with E-state index in [9.17, 15) is 18.0 Å². The fourth-order valence-corrected chi connectivity index (χ4v) is 4.25. The summed E-state index contributed by atoms with van der Waals surface area (Å²) in [5, 5.41) is 2.62. The van der Waals surface area contributed by atoms with Crippen molar-refractivity contribution in [1.82, 2.24) is 4.31 Å². The second kappa shape index (κ2) is 8.18. The Morgan fingerprint density at radius 3 is 2.42 bits per heavy atom. The minimum Gasteiger partial charge on any atom is -0.452 e. The van der Waals surface area contributed by atoms with E-state index < -0.39 is 22.0 Å². The van der Waals surface area contributed by atoms with Crippen molar-refractivity contribution in [2.75, 3.05) is 18.4 Å². The molecule has 0 radical (unpaired) electrons. The number of carbonyl (C=O) groups is 2. The van der Waals surface area contributed by atoms with E-state index in [0.717, 1.165) is 12.8 Å². The van der Waals surface area contributed by atoms with E-state index in [-0.39, 0.29) is 16.8 Å². The number of sulfonamides is 1. The van der Waals surface area contributed by atoms with Gasteiger partial charge in [0.1, 0.15) is 0 Å². The lowest BCUT2D eigenvalue weighted by molar-refractivity contribution is -0.154. The van der Waals surface area contributed by atoms with Gasteiger partial charge in [0.15, 0.2) is 6.10 Å². The van der Waals surface area contributed by atoms with Crippen molar-refractivity contribution >= 4 is 27.6 Å². The predicted molar refractivity (Wildman–Crippen MR) is 98.2 cm³/mol. The number of hydrogen-bond donors (Lipinski definition) is 1. The van der Waals surface area contributed by atoms with Gasteiger partial charge in [-0.3, -0.25) is 9.59 Å². The van der Waals surface area contributed by atoms with Crippen LogP contribution in [0.25, 0.3) is 0 Å². The van der Waals surface area contributed by atoms with Crippen molar-refractivity contribution < 1.29 is 22.7 Å². The number of nitrogens with zero attached hydrogens (tertiary/aromatic N) is 1. The molecule has 7 nitrogen and oxygen atoms in total. The Labute approximate surface area is 154 Å². The van der Waals surface area contributed by atoms with E-state index in [1.807, 2.05) is 0 Å². The fraction of sp³-hybridized carbons (Fsp3) is 0.556. The number of rotatable bonds is 8. The zero-order valence-electron chi connectivity index (χ0n) is 15.6. The first-order valence-corrected chi connectivity index (χ1v) is 10.3. The van der Waals surface area contributed by atoms with Gasteiger partial charge in [-0.1, -0.05) is 19.9 Å². The van der Waals surface area contributed by atoms with Gasteiger partial charge in [-0.2, -0.15) is 4.31 Å². The molecule has 2 rings (SSSR count). The molecule has 1 amide bonds. The molecular weight excluding hydrogens is 356 g/mol. The normalized spacial score (nSPS) is 15.6. The molecule has 0 aromatic heterocycles. The standard InChI is InChI=1S/C18H26N2O5S/c1-5-20(6-2)26(23,24)16-11-15(10-7-12(16)3)19-17(21)13(4)25-18(22)14-8-9-14/h7,10-11,13-14H,5-6,8-9H2,1-4H3,(H,19,21)/t13-/m1/s1. The van der Waals surface area contributed by atoms with Gasteiger partial charge in [-0.15, -0.1) is 0 Å². The van der Waals surface area contributed by atoms with Crippen LogP contribution in [0.15, 0.2) is 23.1 Å². The Morgan fingerprint density at radius 1 is 1.27 bits per heavy atom. The highest BCUT2D eigenvalue weighted by molar-refractivity contribution is 7.89. The highest BCUT2D eigenvalue weighted by Gasteiger charge is 2.33. The summed E-state index contributed by atoms with van der Waals surface area (Å²) >= 11 is 0. The number of benzene rings is 1. The third-order valence-electron chi connectivity index (χ3n) is 4.35. The van der Waals surface area contributed by atoms with Crippen LogP contribution in [0.3, 0.4) is 0 Å². The molecule has 1 atom stereocenters. The average Bonchev–Trinajstić information content (AvgIpc) is 3.42. The third-order valence-corrected chi connectivity index (χ3v) is 6.54. The largest absolute Gasteiger partial charge is 0.452 e. The molecular formula is C18H26N2O5S. The van der Waals surface area contributed by atoms with Crippen LogP contribution in [-0.2, 0) is 24.3 Å². The first-order valence-electron chi connectivity index (χ1n) is 8.82. The summed E-state index contributed by atoms with van der Waals surface area (Å²) in [7, 11) is -3.64. The Bertz CT molecular complexity index is 783. The van der Waals surface area contributed by atoms with E-state index in [0.29, 0.717) is 24.3 Å². The van der Waals surface area contributed by atoms with Crippen LogP contribution in [0, 0.1) is 12.8 Å². The van der Waals surface area contributed by atoms with Gasteiger partial charge >= 0.3 is 5.97 Å². The second-order valence-corrected chi connectivity index (χ2v) is 8.32. The zero-order chi connectivity index (χ0) is 19.5. The number of carbonyl (C=O) groups excluding carboxylic acids is 2. The lowest BCUT2D eigenvalue weighted by atomic mass is 10.2. The maximum Gasteiger partial charge on any atom is 0.309 e. The molecule has 8 heteroatoms. The molecule has 0 heterocycles. The molecule has 26 heavy (non-hydrogen) atoms. The third kappa shape index (κ3) is 4.62. The quantitative estimate of drug-likeness (QED) is 0.697. The van der Waals surface area contributed by atoms with E-state index in [2.05, 4.69) is 5.32 Å². The first kappa shape index (κ1) is 20.4. The van der Waals surface area contributed by atoms with Gasteiger partial charge in [0.05, 0.1) is 10.8 Å². The van der Waals surface area contributed by atoms with Crippen molar-refractivity contribution in [1.29, 1.82) is 0 Å². The molecule has 0 aliphatic heterocycles. The number of ether oxygens (including phenoxy) is 1. The SMILES string of the molecule is CCN(CC)S(=O)(=O)c1cc(NC(=O)[C@@H](C)OC(=O)C2CC2)ccc1C. The van der Waals surface area contributed by atoms with Gasteiger partial charge in [-0.25, -0.2) is 8.42 Å². The molecule has 1 aromatic rings. The van der Waals surface area contributed by atoms with Crippen molar-refractivity contribution in [2.24, 2.45) is 5.92 Å². The number of hydrogen-bond acceptors (Lipinski definition) is 5. The summed E-state index contributed by atoms with van der Waals surface area (Å²) in [6, 6.07) is 4.72. The molecule has 1 aromatic carbocycles. The van der Waals surface area contributed by atoms with Gasteiger partial charge in [0, 0.05) is 18.8 Å². The molecule has 0 spiro atoms. The van der Waals surface area contributed by atoms with Crippen LogP contribution in [0.2, 0.25) is 0 Å². The van der Waals surface area contributed by atoms with Crippen molar-refractivity contribution in [3.63, 3.8) is 0 Å².